The Morgan fingerprint density at radius 3 is 2.38 bits per heavy atom. The zero-order chi connectivity index (χ0) is 14.7. The maximum atomic E-state index is 12.2. The summed E-state index contributed by atoms with van der Waals surface area (Å²) in [5.41, 5.74) is 2.94. The molecule has 3 aromatic carbocycles. The largest absolute Gasteiger partial charge is 0.289 e. The van der Waals surface area contributed by atoms with Gasteiger partial charge in [0.05, 0.1) is 0 Å². The first-order valence-corrected chi connectivity index (χ1v) is 7.01. The molecule has 21 heavy (non-hydrogen) atoms. The summed E-state index contributed by atoms with van der Waals surface area (Å²) in [6.07, 6.45) is 3.54. The predicted molar refractivity (Wildman–Crippen MR) is 88.5 cm³/mol. The van der Waals surface area contributed by atoms with Crippen LogP contribution in [0.5, 0.6) is 0 Å². The quantitative estimate of drug-likeness (QED) is 0.482. The topological polar surface area (TPSA) is 17.1 Å². The number of hydrogen-bond acceptors (Lipinski definition) is 1. The molecule has 0 bridgehead atoms. The third kappa shape index (κ3) is 2.92. The Morgan fingerprint density at radius 2 is 1.57 bits per heavy atom. The average Bonchev–Trinajstić information content (AvgIpc) is 2.53. The highest BCUT2D eigenvalue weighted by molar-refractivity contribution is 6.07. The smallest absolute Gasteiger partial charge is 0.185 e. The van der Waals surface area contributed by atoms with E-state index in [-0.39, 0.29) is 5.78 Å². The monoisotopic (exact) mass is 272 g/mol. The number of fused-ring (bicyclic) bond motifs is 1. The van der Waals surface area contributed by atoms with E-state index in [1.807, 2.05) is 61.5 Å². The minimum atomic E-state index is 0.0305. The number of aryl methyl sites for hydroxylation is 1. The van der Waals surface area contributed by atoms with E-state index in [1.54, 1.807) is 6.08 Å². The summed E-state index contributed by atoms with van der Waals surface area (Å²) in [5, 5.41) is 2.34. The standard InChI is InChI=1S/C20H16O/c1-15-9-11-18(12-10-15)20(21)14-13-17-7-4-6-16-5-2-3-8-19(16)17/h2-14H,1H3/b14-13-. The minimum Gasteiger partial charge on any atom is -0.289 e. The maximum Gasteiger partial charge on any atom is 0.185 e. The van der Waals surface area contributed by atoms with Gasteiger partial charge >= 0.3 is 0 Å². The lowest BCUT2D eigenvalue weighted by Gasteiger charge is -2.01. The van der Waals surface area contributed by atoms with Crippen LogP contribution in [0.1, 0.15) is 21.5 Å². The van der Waals surface area contributed by atoms with E-state index in [9.17, 15) is 4.79 Å². The minimum absolute atomic E-state index is 0.0305. The molecule has 0 amide bonds. The van der Waals surface area contributed by atoms with Crippen molar-refractivity contribution in [3.63, 3.8) is 0 Å². The summed E-state index contributed by atoms with van der Waals surface area (Å²) < 4.78 is 0. The summed E-state index contributed by atoms with van der Waals surface area (Å²) in [6.45, 7) is 2.01. The van der Waals surface area contributed by atoms with Crippen molar-refractivity contribution in [3.05, 3.63) is 89.5 Å². The number of ketones is 1. The Balaban J connectivity index is 1.91. The average molecular weight is 272 g/mol. The summed E-state index contributed by atoms with van der Waals surface area (Å²) in [6, 6.07) is 22.0. The Hall–Kier alpha value is -2.67. The molecule has 0 unspecified atom stereocenters. The van der Waals surface area contributed by atoms with Crippen molar-refractivity contribution in [2.75, 3.05) is 0 Å². The van der Waals surface area contributed by atoms with Gasteiger partial charge in [0.25, 0.3) is 0 Å². The molecular weight excluding hydrogens is 256 g/mol. The van der Waals surface area contributed by atoms with E-state index in [1.165, 1.54) is 5.39 Å². The molecule has 0 radical (unpaired) electrons. The Labute approximate surface area is 124 Å². The van der Waals surface area contributed by atoms with E-state index in [0.29, 0.717) is 0 Å². The van der Waals surface area contributed by atoms with Crippen molar-refractivity contribution in [2.45, 2.75) is 6.92 Å². The number of rotatable bonds is 3. The SMILES string of the molecule is Cc1ccc(C(=O)/C=C\c2cccc3ccccc23)cc1. The normalized spacial score (nSPS) is 11.1. The van der Waals surface area contributed by atoms with Crippen molar-refractivity contribution in [1.82, 2.24) is 0 Å². The zero-order valence-electron chi connectivity index (χ0n) is 11.9. The van der Waals surface area contributed by atoms with Gasteiger partial charge in [0.2, 0.25) is 0 Å². The van der Waals surface area contributed by atoms with Gasteiger partial charge in [-0.15, -0.1) is 0 Å². The van der Waals surface area contributed by atoms with Crippen molar-refractivity contribution in [1.29, 1.82) is 0 Å². The van der Waals surface area contributed by atoms with Crippen LogP contribution in [-0.2, 0) is 0 Å². The second kappa shape index (κ2) is 5.76. The fraction of sp³-hybridized carbons (Fsp3) is 0.0500. The number of benzene rings is 3. The number of allylic oxidation sites excluding steroid dienone is 1. The van der Waals surface area contributed by atoms with Crippen LogP contribution in [0.4, 0.5) is 0 Å². The molecule has 0 heterocycles. The van der Waals surface area contributed by atoms with Gasteiger partial charge < -0.3 is 0 Å². The molecule has 1 nitrogen and oxygen atoms in total. The molecule has 0 aliphatic heterocycles. The molecule has 0 N–H and O–H groups in total. The zero-order valence-corrected chi connectivity index (χ0v) is 11.9. The summed E-state index contributed by atoms with van der Waals surface area (Å²) in [5.74, 6) is 0.0305. The Morgan fingerprint density at radius 1 is 0.857 bits per heavy atom. The molecule has 0 fully saturated rings. The predicted octanol–water partition coefficient (Wildman–Crippen LogP) is 5.04. The number of hydrogen-bond donors (Lipinski definition) is 0. The van der Waals surface area contributed by atoms with Crippen molar-refractivity contribution in [2.24, 2.45) is 0 Å². The number of carbonyl (C=O) groups is 1. The van der Waals surface area contributed by atoms with E-state index >= 15 is 0 Å². The molecule has 3 aromatic rings. The van der Waals surface area contributed by atoms with Crippen LogP contribution in [0.2, 0.25) is 0 Å². The highest BCUT2D eigenvalue weighted by Crippen LogP contribution is 2.19. The van der Waals surface area contributed by atoms with Crippen LogP contribution in [0.25, 0.3) is 16.8 Å². The van der Waals surface area contributed by atoms with Gasteiger partial charge in [0, 0.05) is 5.56 Å². The Bertz CT molecular complexity index is 805. The van der Waals surface area contributed by atoms with Gasteiger partial charge in [-0.25, -0.2) is 0 Å². The molecule has 3 rings (SSSR count). The first kappa shape index (κ1) is 13.3. The third-order valence-electron chi connectivity index (χ3n) is 3.57. The summed E-state index contributed by atoms with van der Waals surface area (Å²) in [4.78, 5) is 12.2. The molecule has 0 atom stereocenters. The molecule has 1 heteroatoms. The molecule has 102 valence electrons. The molecular formula is C20H16O. The summed E-state index contributed by atoms with van der Waals surface area (Å²) >= 11 is 0. The lowest BCUT2D eigenvalue weighted by Crippen LogP contribution is -1.93. The lowest BCUT2D eigenvalue weighted by molar-refractivity contribution is 0.104. The van der Waals surface area contributed by atoms with Gasteiger partial charge in [0.15, 0.2) is 5.78 Å². The fourth-order valence-electron chi connectivity index (χ4n) is 2.38. The van der Waals surface area contributed by atoms with Crippen LogP contribution < -0.4 is 0 Å². The first-order chi connectivity index (χ1) is 10.2. The molecule has 0 aliphatic rings. The van der Waals surface area contributed by atoms with Crippen LogP contribution in [-0.4, -0.2) is 5.78 Å². The van der Waals surface area contributed by atoms with E-state index < -0.39 is 0 Å². The van der Waals surface area contributed by atoms with Crippen molar-refractivity contribution in [3.8, 4) is 0 Å². The van der Waals surface area contributed by atoms with E-state index in [4.69, 9.17) is 0 Å². The lowest BCUT2D eigenvalue weighted by atomic mass is 10.0. The number of carbonyl (C=O) groups excluding carboxylic acids is 1. The van der Waals surface area contributed by atoms with E-state index in [2.05, 4.69) is 18.2 Å². The summed E-state index contributed by atoms with van der Waals surface area (Å²) in [7, 11) is 0. The highest BCUT2D eigenvalue weighted by atomic mass is 16.1. The van der Waals surface area contributed by atoms with E-state index in [0.717, 1.165) is 22.1 Å². The highest BCUT2D eigenvalue weighted by Gasteiger charge is 2.02. The van der Waals surface area contributed by atoms with Gasteiger partial charge in [-0.05, 0) is 29.3 Å². The molecule has 0 spiro atoms. The Kier molecular flexibility index (Phi) is 3.65. The molecule has 0 saturated heterocycles. The molecule has 0 aliphatic carbocycles. The second-order valence-electron chi connectivity index (χ2n) is 5.13. The van der Waals surface area contributed by atoms with Crippen molar-refractivity contribution >= 4 is 22.6 Å². The van der Waals surface area contributed by atoms with Crippen LogP contribution in [0.3, 0.4) is 0 Å². The third-order valence-corrected chi connectivity index (χ3v) is 3.57. The maximum absolute atomic E-state index is 12.2. The molecule has 0 aromatic heterocycles. The van der Waals surface area contributed by atoms with Gasteiger partial charge in [0.1, 0.15) is 0 Å². The molecule has 0 saturated carbocycles. The van der Waals surface area contributed by atoms with Crippen LogP contribution in [0, 0.1) is 6.92 Å². The van der Waals surface area contributed by atoms with Gasteiger partial charge in [-0.3, -0.25) is 4.79 Å². The van der Waals surface area contributed by atoms with Gasteiger partial charge in [-0.2, -0.15) is 0 Å². The van der Waals surface area contributed by atoms with Gasteiger partial charge in [-0.1, -0.05) is 78.4 Å². The van der Waals surface area contributed by atoms with Crippen LogP contribution in [0.15, 0.2) is 72.8 Å². The van der Waals surface area contributed by atoms with Crippen LogP contribution >= 0.6 is 0 Å². The van der Waals surface area contributed by atoms with Crippen molar-refractivity contribution < 1.29 is 4.79 Å². The first-order valence-electron chi connectivity index (χ1n) is 7.01. The fourth-order valence-corrected chi connectivity index (χ4v) is 2.38. The second-order valence-corrected chi connectivity index (χ2v) is 5.13.